The molecule has 1 amide bonds. The number of nitrogens with one attached hydrogen (secondary N) is 1. The third-order valence-electron chi connectivity index (χ3n) is 4.44. The van der Waals surface area contributed by atoms with Crippen molar-refractivity contribution in [1.82, 2.24) is 10.2 Å². The van der Waals surface area contributed by atoms with Crippen molar-refractivity contribution in [1.29, 1.82) is 0 Å². The Morgan fingerprint density at radius 1 is 1.22 bits per heavy atom. The van der Waals surface area contributed by atoms with Gasteiger partial charge >= 0.3 is 0 Å². The normalized spacial score (nSPS) is 18.2. The lowest BCUT2D eigenvalue weighted by atomic mass is 10.1. The van der Waals surface area contributed by atoms with Crippen LogP contribution in [0, 0.1) is 0 Å². The van der Waals surface area contributed by atoms with Gasteiger partial charge in [-0.15, -0.1) is 0 Å². The molecule has 23 heavy (non-hydrogen) atoms. The first-order chi connectivity index (χ1) is 11.3. The molecule has 1 aromatic carbocycles. The van der Waals surface area contributed by atoms with Gasteiger partial charge in [-0.1, -0.05) is 30.3 Å². The molecule has 4 heteroatoms. The molecule has 1 aliphatic rings. The number of aryl methyl sites for hydroxylation is 1. The monoisotopic (exact) mass is 312 g/mol. The number of amides is 1. The molecule has 1 aliphatic heterocycles. The molecule has 0 saturated carbocycles. The number of hydrogen-bond donors (Lipinski definition) is 1. The van der Waals surface area contributed by atoms with E-state index in [1.807, 2.05) is 18.2 Å². The fourth-order valence-corrected chi connectivity index (χ4v) is 3.23. The van der Waals surface area contributed by atoms with E-state index in [-0.39, 0.29) is 11.9 Å². The zero-order valence-electron chi connectivity index (χ0n) is 13.4. The minimum atomic E-state index is 0.0146. The molecule has 3 rings (SSSR count). The van der Waals surface area contributed by atoms with Crippen molar-refractivity contribution >= 4 is 5.91 Å². The van der Waals surface area contributed by atoms with Gasteiger partial charge in [0.25, 0.3) is 0 Å². The molecule has 2 heterocycles. The number of carbonyl (C=O) groups is 1. The highest BCUT2D eigenvalue weighted by atomic mass is 16.3. The summed E-state index contributed by atoms with van der Waals surface area (Å²) in [4.78, 5) is 14.7. The predicted molar refractivity (Wildman–Crippen MR) is 89.9 cm³/mol. The van der Waals surface area contributed by atoms with Crippen molar-refractivity contribution < 1.29 is 9.21 Å². The van der Waals surface area contributed by atoms with Crippen LogP contribution < -0.4 is 5.32 Å². The van der Waals surface area contributed by atoms with Gasteiger partial charge in [-0.25, -0.2) is 0 Å². The van der Waals surface area contributed by atoms with E-state index in [1.54, 1.807) is 6.26 Å². The summed E-state index contributed by atoms with van der Waals surface area (Å²) in [6.07, 6.45) is 5.84. The number of hydrogen-bond acceptors (Lipinski definition) is 3. The van der Waals surface area contributed by atoms with Gasteiger partial charge in [0.2, 0.25) is 5.91 Å². The van der Waals surface area contributed by atoms with Gasteiger partial charge < -0.3 is 9.73 Å². The molecule has 1 fully saturated rings. The third kappa shape index (κ3) is 4.45. The van der Waals surface area contributed by atoms with Crippen LogP contribution in [-0.4, -0.2) is 29.9 Å². The minimum Gasteiger partial charge on any atom is -0.467 e. The smallest absolute Gasteiger partial charge is 0.237 e. The van der Waals surface area contributed by atoms with Crippen molar-refractivity contribution in [3.63, 3.8) is 0 Å². The summed E-state index contributed by atoms with van der Waals surface area (Å²) in [5.74, 6) is 0.922. The predicted octanol–water partition coefficient (Wildman–Crippen LogP) is 2.99. The van der Waals surface area contributed by atoms with Gasteiger partial charge in [0.05, 0.1) is 18.8 Å². The van der Waals surface area contributed by atoms with Crippen molar-refractivity contribution in [2.24, 2.45) is 0 Å². The van der Waals surface area contributed by atoms with Crippen LogP contribution in [0.4, 0.5) is 0 Å². The number of rotatable bonds is 7. The molecule has 122 valence electrons. The van der Waals surface area contributed by atoms with Crippen LogP contribution in [-0.2, 0) is 17.8 Å². The minimum absolute atomic E-state index is 0.0146. The maximum absolute atomic E-state index is 12.4. The lowest BCUT2D eigenvalue weighted by Gasteiger charge is -2.23. The standard InChI is InChI=1S/C19H24N2O2/c22-19(20-15-17-10-6-14-23-17)18-11-5-13-21(18)12-4-9-16-7-2-1-3-8-16/h1-3,6-8,10,14,18H,4-5,9,11-13,15H2,(H,20,22)/t18-/m0/s1. The van der Waals surface area contributed by atoms with E-state index in [0.29, 0.717) is 6.54 Å². The molecule has 2 aromatic rings. The molecule has 0 unspecified atom stereocenters. The molecule has 1 aromatic heterocycles. The molecule has 0 spiro atoms. The molecule has 0 radical (unpaired) electrons. The molecular formula is C19H24N2O2. The van der Waals surface area contributed by atoms with Gasteiger partial charge in [0.1, 0.15) is 5.76 Å². The topological polar surface area (TPSA) is 45.5 Å². The van der Waals surface area contributed by atoms with Crippen LogP contribution in [0.2, 0.25) is 0 Å². The Balaban J connectivity index is 1.44. The molecule has 0 bridgehead atoms. The van der Waals surface area contributed by atoms with E-state index < -0.39 is 0 Å². The number of likely N-dealkylation sites (tertiary alicyclic amines) is 1. The van der Waals surface area contributed by atoms with Crippen LogP contribution in [0.1, 0.15) is 30.6 Å². The zero-order valence-corrected chi connectivity index (χ0v) is 13.4. The second-order valence-electron chi connectivity index (χ2n) is 6.08. The first kappa shape index (κ1) is 15.8. The van der Waals surface area contributed by atoms with Crippen LogP contribution in [0.3, 0.4) is 0 Å². The SMILES string of the molecule is O=C(NCc1ccco1)[C@@H]1CCCN1CCCc1ccccc1. The first-order valence-electron chi connectivity index (χ1n) is 8.41. The Morgan fingerprint density at radius 2 is 2.09 bits per heavy atom. The number of carbonyl (C=O) groups excluding carboxylic acids is 1. The van der Waals surface area contributed by atoms with Gasteiger partial charge in [0, 0.05) is 0 Å². The molecule has 1 atom stereocenters. The summed E-state index contributed by atoms with van der Waals surface area (Å²) in [7, 11) is 0. The van der Waals surface area contributed by atoms with Crippen molar-refractivity contribution in [2.45, 2.75) is 38.3 Å². The summed E-state index contributed by atoms with van der Waals surface area (Å²) >= 11 is 0. The molecular weight excluding hydrogens is 288 g/mol. The highest BCUT2D eigenvalue weighted by molar-refractivity contribution is 5.81. The Labute approximate surface area is 137 Å². The third-order valence-corrected chi connectivity index (χ3v) is 4.44. The Kier molecular flexibility index (Phi) is 5.48. The zero-order chi connectivity index (χ0) is 15.9. The van der Waals surface area contributed by atoms with E-state index in [2.05, 4.69) is 34.5 Å². The summed E-state index contributed by atoms with van der Waals surface area (Å²) in [5.41, 5.74) is 1.37. The second kappa shape index (κ2) is 7.97. The average molecular weight is 312 g/mol. The molecule has 1 N–H and O–H groups in total. The summed E-state index contributed by atoms with van der Waals surface area (Å²) in [6, 6.07) is 14.3. The highest BCUT2D eigenvalue weighted by Crippen LogP contribution is 2.18. The summed E-state index contributed by atoms with van der Waals surface area (Å²) in [6.45, 7) is 2.47. The molecule has 4 nitrogen and oxygen atoms in total. The van der Waals surface area contributed by atoms with Gasteiger partial charge in [-0.3, -0.25) is 9.69 Å². The Morgan fingerprint density at radius 3 is 2.87 bits per heavy atom. The van der Waals surface area contributed by atoms with E-state index in [9.17, 15) is 4.79 Å². The second-order valence-corrected chi connectivity index (χ2v) is 6.08. The van der Waals surface area contributed by atoms with Gasteiger partial charge in [0.15, 0.2) is 0 Å². The largest absolute Gasteiger partial charge is 0.467 e. The van der Waals surface area contributed by atoms with Crippen molar-refractivity contribution in [2.75, 3.05) is 13.1 Å². The summed E-state index contributed by atoms with van der Waals surface area (Å²) in [5, 5.41) is 2.99. The summed E-state index contributed by atoms with van der Waals surface area (Å²) < 4.78 is 5.26. The first-order valence-corrected chi connectivity index (χ1v) is 8.41. The van der Waals surface area contributed by atoms with Crippen LogP contribution in [0.25, 0.3) is 0 Å². The van der Waals surface area contributed by atoms with Crippen molar-refractivity contribution in [3.05, 3.63) is 60.1 Å². The van der Waals surface area contributed by atoms with Crippen LogP contribution in [0.15, 0.2) is 53.1 Å². The van der Waals surface area contributed by atoms with E-state index in [0.717, 1.165) is 44.5 Å². The fraction of sp³-hybridized carbons (Fsp3) is 0.421. The average Bonchev–Trinajstić information content (AvgIpc) is 3.25. The maximum atomic E-state index is 12.4. The molecule has 0 aliphatic carbocycles. The lowest BCUT2D eigenvalue weighted by molar-refractivity contribution is -0.125. The fourth-order valence-electron chi connectivity index (χ4n) is 3.23. The number of furan rings is 1. The van der Waals surface area contributed by atoms with Crippen molar-refractivity contribution in [3.8, 4) is 0 Å². The van der Waals surface area contributed by atoms with Gasteiger partial charge in [-0.2, -0.15) is 0 Å². The lowest BCUT2D eigenvalue weighted by Crippen LogP contribution is -2.43. The van der Waals surface area contributed by atoms with E-state index >= 15 is 0 Å². The highest BCUT2D eigenvalue weighted by Gasteiger charge is 2.29. The van der Waals surface area contributed by atoms with E-state index in [1.165, 1.54) is 5.56 Å². The number of nitrogens with zero attached hydrogens (tertiary/aromatic N) is 1. The van der Waals surface area contributed by atoms with Crippen LogP contribution in [0.5, 0.6) is 0 Å². The van der Waals surface area contributed by atoms with E-state index in [4.69, 9.17) is 4.42 Å². The quantitative estimate of drug-likeness (QED) is 0.855. The van der Waals surface area contributed by atoms with Gasteiger partial charge in [-0.05, 0) is 56.5 Å². The number of benzene rings is 1. The Bertz CT molecular complexity index is 595. The molecule has 1 saturated heterocycles. The maximum Gasteiger partial charge on any atom is 0.237 e. The van der Waals surface area contributed by atoms with Crippen LogP contribution >= 0.6 is 0 Å². The Hall–Kier alpha value is -2.07.